The minimum atomic E-state index is -1.01. The van der Waals surface area contributed by atoms with Gasteiger partial charge in [0.05, 0.1) is 0 Å². The lowest BCUT2D eigenvalue weighted by atomic mass is 10.00. The zero-order valence-corrected chi connectivity index (χ0v) is 5.95. The van der Waals surface area contributed by atoms with Gasteiger partial charge < -0.3 is 15.9 Å². The minimum absolute atomic E-state index is 0.0118. The Labute approximate surface area is 59.7 Å². The van der Waals surface area contributed by atoms with E-state index in [1.165, 1.54) is 0 Å². The highest BCUT2D eigenvalue weighted by Crippen LogP contribution is 2.04. The number of carboxylic acids is 1. The van der Waals surface area contributed by atoms with Gasteiger partial charge in [-0.15, -0.1) is 0 Å². The van der Waals surface area contributed by atoms with Gasteiger partial charge in [-0.05, 0) is 12.3 Å². The Bertz CT molecular complexity index is 116. The van der Waals surface area contributed by atoms with E-state index in [4.69, 9.17) is 15.9 Å². The summed E-state index contributed by atoms with van der Waals surface area (Å²) in [6.07, 6.45) is 0.438. The predicted octanol–water partition coefficient (Wildman–Crippen LogP) is -0.583. The van der Waals surface area contributed by atoms with E-state index < -0.39 is 12.0 Å². The molecule has 0 aromatic carbocycles. The van der Waals surface area contributed by atoms with Gasteiger partial charge in [-0.1, -0.05) is 6.92 Å². The van der Waals surface area contributed by atoms with Crippen LogP contribution in [0.3, 0.4) is 0 Å². The highest BCUT2D eigenvalue weighted by molar-refractivity contribution is 5.73. The molecule has 0 aromatic rings. The lowest BCUT2D eigenvalue weighted by Gasteiger charge is -2.13. The van der Waals surface area contributed by atoms with Crippen molar-refractivity contribution in [2.24, 2.45) is 11.7 Å². The maximum absolute atomic E-state index is 10.2. The molecule has 0 aliphatic heterocycles. The van der Waals surface area contributed by atoms with E-state index >= 15 is 0 Å². The summed E-state index contributed by atoms with van der Waals surface area (Å²) in [5.74, 6) is -1.18. The summed E-state index contributed by atoms with van der Waals surface area (Å²) in [5.41, 5.74) is 5.24. The molecule has 4 heteroatoms. The number of aliphatic hydroxyl groups is 1. The molecule has 60 valence electrons. The molecule has 0 aromatic heterocycles. The van der Waals surface area contributed by atoms with Crippen LogP contribution < -0.4 is 5.73 Å². The van der Waals surface area contributed by atoms with E-state index in [1.807, 2.05) is 0 Å². The van der Waals surface area contributed by atoms with E-state index in [1.54, 1.807) is 6.92 Å². The van der Waals surface area contributed by atoms with Gasteiger partial charge in [0, 0.05) is 6.61 Å². The molecule has 0 radical (unpaired) electrons. The smallest absolute Gasteiger partial charge is 0.320 e. The highest BCUT2D eigenvalue weighted by Gasteiger charge is 2.18. The fourth-order valence-electron chi connectivity index (χ4n) is 0.627. The van der Waals surface area contributed by atoms with Gasteiger partial charge >= 0.3 is 5.97 Å². The summed E-state index contributed by atoms with van der Waals surface area (Å²) in [4.78, 5) is 10.2. The Morgan fingerprint density at radius 3 is 2.50 bits per heavy atom. The van der Waals surface area contributed by atoms with Crippen molar-refractivity contribution in [3.8, 4) is 0 Å². The number of aliphatic carboxylic acids is 1. The molecular formula is C6H13NO3. The molecule has 4 N–H and O–H groups in total. The van der Waals surface area contributed by atoms with E-state index in [0.717, 1.165) is 0 Å². The van der Waals surface area contributed by atoms with Gasteiger partial charge in [-0.3, -0.25) is 4.79 Å². The highest BCUT2D eigenvalue weighted by atomic mass is 16.4. The topological polar surface area (TPSA) is 83.5 Å². The Hall–Kier alpha value is -0.610. The molecule has 0 spiro atoms. The van der Waals surface area contributed by atoms with Crippen LogP contribution >= 0.6 is 0 Å². The first-order valence-electron chi connectivity index (χ1n) is 3.18. The van der Waals surface area contributed by atoms with Crippen molar-refractivity contribution < 1.29 is 15.0 Å². The Morgan fingerprint density at radius 2 is 2.20 bits per heavy atom. The molecule has 0 aliphatic rings. The van der Waals surface area contributed by atoms with Gasteiger partial charge in [-0.25, -0.2) is 0 Å². The van der Waals surface area contributed by atoms with Crippen molar-refractivity contribution >= 4 is 5.97 Å². The number of aliphatic hydroxyl groups excluding tert-OH is 1. The predicted molar refractivity (Wildman–Crippen MR) is 36.5 cm³/mol. The molecule has 4 nitrogen and oxygen atoms in total. The molecule has 2 atom stereocenters. The number of carbonyl (C=O) groups is 1. The lowest BCUT2D eigenvalue weighted by Crippen LogP contribution is -2.36. The zero-order chi connectivity index (χ0) is 8.15. The average Bonchev–Trinajstić information content (AvgIpc) is 1.87. The molecule has 0 heterocycles. The Morgan fingerprint density at radius 1 is 1.70 bits per heavy atom. The summed E-state index contributed by atoms with van der Waals surface area (Å²) in [5, 5.41) is 16.8. The van der Waals surface area contributed by atoms with Crippen LogP contribution in [0.2, 0.25) is 0 Å². The van der Waals surface area contributed by atoms with Crippen LogP contribution in [0.5, 0.6) is 0 Å². The third kappa shape index (κ3) is 2.80. The maximum Gasteiger partial charge on any atom is 0.320 e. The Kier molecular flexibility index (Phi) is 3.99. The average molecular weight is 147 g/mol. The second-order valence-electron chi connectivity index (χ2n) is 2.35. The lowest BCUT2D eigenvalue weighted by molar-refractivity contribution is -0.139. The van der Waals surface area contributed by atoms with Crippen LogP contribution in [-0.2, 0) is 4.79 Å². The molecule has 0 fully saturated rings. The molecule has 0 saturated carbocycles. The number of hydrogen-bond acceptors (Lipinski definition) is 3. The standard InChI is InChI=1S/C6H13NO3/c1-4(2-3-8)5(7)6(9)10/h4-5,8H,2-3,7H2,1H3,(H,9,10)/t4-,5-/m0/s1. The van der Waals surface area contributed by atoms with Crippen LogP contribution in [0.4, 0.5) is 0 Å². The van der Waals surface area contributed by atoms with Crippen LogP contribution in [0.15, 0.2) is 0 Å². The number of nitrogens with two attached hydrogens (primary N) is 1. The van der Waals surface area contributed by atoms with Crippen molar-refractivity contribution in [1.29, 1.82) is 0 Å². The quantitative estimate of drug-likeness (QED) is 0.496. The SMILES string of the molecule is C[C@@H](CCO)[C@H](N)C(=O)O. The van der Waals surface area contributed by atoms with E-state index in [0.29, 0.717) is 6.42 Å². The van der Waals surface area contributed by atoms with Crippen LogP contribution in [0.1, 0.15) is 13.3 Å². The second kappa shape index (κ2) is 4.24. The van der Waals surface area contributed by atoms with Crippen LogP contribution in [0, 0.1) is 5.92 Å². The zero-order valence-electron chi connectivity index (χ0n) is 5.95. The molecule has 0 amide bonds. The number of rotatable bonds is 4. The summed E-state index contributed by atoms with van der Waals surface area (Å²) in [7, 11) is 0. The van der Waals surface area contributed by atoms with Gasteiger partial charge in [0.2, 0.25) is 0 Å². The van der Waals surface area contributed by atoms with Crippen molar-refractivity contribution in [3.63, 3.8) is 0 Å². The maximum atomic E-state index is 10.2. The van der Waals surface area contributed by atoms with Gasteiger partial charge in [-0.2, -0.15) is 0 Å². The molecule has 0 saturated heterocycles. The molecular weight excluding hydrogens is 134 g/mol. The summed E-state index contributed by atoms with van der Waals surface area (Å²) >= 11 is 0. The van der Waals surface area contributed by atoms with Crippen molar-refractivity contribution in [2.75, 3.05) is 6.61 Å². The molecule has 0 aliphatic carbocycles. The first-order chi connectivity index (χ1) is 4.59. The summed E-state index contributed by atoms with van der Waals surface area (Å²) in [6.45, 7) is 1.69. The second-order valence-corrected chi connectivity index (χ2v) is 2.35. The summed E-state index contributed by atoms with van der Waals surface area (Å²) < 4.78 is 0. The third-order valence-electron chi connectivity index (χ3n) is 1.48. The molecule has 10 heavy (non-hydrogen) atoms. The number of hydrogen-bond donors (Lipinski definition) is 3. The Balaban J connectivity index is 3.69. The van der Waals surface area contributed by atoms with E-state index in [2.05, 4.69) is 0 Å². The van der Waals surface area contributed by atoms with Gasteiger partial charge in [0.15, 0.2) is 0 Å². The fraction of sp³-hybridized carbons (Fsp3) is 0.833. The number of carboxylic acid groups (broad SMARTS) is 1. The first kappa shape index (κ1) is 9.39. The first-order valence-corrected chi connectivity index (χ1v) is 3.18. The minimum Gasteiger partial charge on any atom is -0.480 e. The molecule has 0 bridgehead atoms. The van der Waals surface area contributed by atoms with Crippen LogP contribution in [0.25, 0.3) is 0 Å². The van der Waals surface area contributed by atoms with E-state index in [9.17, 15) is 4.79 Å². The summed E-state index contributed by atoms with van der Waals surface area (Å²) in [6, 6.07) is -0.854. The largest absolute Gasteiger partial charge is 0.480 e. The van der Waals surface area contributed by atoms with Crippen molar-refractivity contribution in [2.45, 2.75) is 19.4 Å². The van der Waals surface area contributed by atoms with Gasteiger partial charge in [0.25, 0.3) is 0 Å². The van der Waals surface area contributed by atoms with Crippen LogP contribution in [-0.4, -0.2) is 28.8 Å². The van der Waals surface area contributed by atoms with Crippen molar-refractivity contribution in [1.82, 2.24) is 0 Å². The van der Waals surface area contributed by atoms with Gasteiger partial charge in [0.1, 0.15) is 6.04 Å². The van der Waals surface area contributed by atoms with Crippen molar-refractivity contribution in [3.05, 3.63) is 0 Å². The fourth-order valence-corrected chi connectivity index (χ4v) is 0.627. The molecule has 0 rings (SSSR count). The third-order valence-corrected chi connectivity index (χ3v) is 1.48. The van der Waals surface area contributed by atoms with E-state index in [-0.39, 0.29) is 12.5 Å². The monoisotopic (exact) mass is 147 g/mol. The normalized spacial score (nSPS) is 16.3. The molecule has 0 unspecified atom stereocenters.